The predicted molar refractivity (Wildman–Crippen MR) is 312 cm³/mol. The van der Waals surface area contributed by atoms with Gasteiger partial charge in [0.2, 0.25) is 0 Å². The maximum atomic E-state index is 13.9. The van der Waals surface area contributed by atoms with Crippen molar-refractivity contribution in [2.45, 2.75) is 93.8 Å². The lowest BCUT2D eigenvalue weighted by Crippen LogP contribution is -2.18. The van der Waals surface area contributed by atoms with E-state index in [9.17, 15) is 77.0 Å². The Morgan fingerprint density at radius 1 is 0.554 bits per heavy atom. The number of benzene rings is 5. The molecular weight excluding hydrogens is 1270 g/mol. The first-order valence-electron chi connectivity index (χ1n) is 26.9. The average Bonchev–Trinajstić information content (AvgIpc) is 1.48. The molecule has 18 nitrogen and oxygen atoms in total. The summed E-state index contributed by atoms with van der Waals surface area (Å²) in [6.45, 7) is 6.09. The lowest BCUT2D eigenvalue weighted by molar-refractivity contribution is -0.275. The summed E-state index contributed by atoms with van der Waals surface area (Å²) in [5.41, 5.74) is 7.41. The first-order valence-corrected chi connectivity index (χ1v) is 27.7. The number of alkyl halides is 12. The molecule has 2 aliphatic carbocycles. The number of hydrogen-bond acceptors (Lipinski definition) is 14. The van der Waals surface area contributed by atoms with E-state index >= 15 is 0 Å². The number of aromatic carboxylic acids is 1. The lowest BCUT2D eigenvalue weighted by Gasteiger charge is -2.19. The minimum Gasteiger partial charge on any atom is -0.493 e. The molecule has 7 aromatic rings. The average molecular weight is 1320 g/mol. The number of nitrogens with two attached hydrogens (primary N) is 2. The van der Waals surface area contributed by atoms with E-state index < -0.39 is 88.4 Å². The number of carboxylic acid groups (broad SMARTS) is 1. The van der Waals surface area contributed by atoms with Gasteiger partial charge < -0.3 is 55.6 Å². The third kappa shape index (κ3) is 20.3. The highest BCUT2D eigenvalue weighted by Crippen LogP contribution is 2.51. The molecule has 0 saturated heterocycles. The number of carbonyl (C=O) groups is 4. The summed E-state index contributed by atoms with van der Waals surface area (Å²) in [6.07, 6.45) is -14.7. The molecule has 31 heteroatoms. The molecule has 2 heterocycles. The van der Waals surface area contributed by atoms with Gasteiger partial charge in [0.05, 0.1) is 36.4 Å². The molecular formula is C61H55F12N7O11S. The number of thioether (sulfide) groups is 1. The van der Waals surface area contributed by atoms with Crippen LogP contribution < -0.4 is 50.5 Å². The Bertz CT molecular complexity index is 3880. The van der Waals surface area contributed by atoms with Crippen LogP contribution >= 0.6 is 11.8 Å². The first kappa shape index (κ1) is 69.5. The van der Waals surface area contributed by atoms with Crippen LogP contribution in [0.2, 0.25) is 0 Å². The zero-order chi connectivity index (χ0) is 67.7. The highest BCUT2D eigenvalue weighted by atomic mass is 32.2. The van der Waals surface area contributed by atoms with Crippen molar-refractivity contribution >= 4 is 52.0 Å². The SMILES string of the molecule is CC(C)(C)N=C(Nc1ccnc(C(N)=O)c1)Sc1ccccc1.COc1cc(OC(F)(F)F)ccc1Oc1cc(C2CC2)c(C(F)(F)F)cc1C(=O)Nc1ccnc(C(N)=O)c1.COc1cc(OC(F)(F)F)ccc1Oc1cc(C2CC2)c(C(F)(F)F)cc1C(=O)O.[HH]. The number of halogens is 12. The number of nitrogens with one attached hydrogen (secondary N) is 2. The maximum absolute atomic E-state index is 13.9. The standard InChI is InChI=1S/C25H19F6N3O5.C19H14F6O5.C17H20N4OS.H2/c1-37-21-9-14(39-25(29,30)31)4-5-19(21)38-20-11-15(12-2-3-12)17(24(26,27)28)10-16(20)23(36)34-13-6-7-33-18(8-13)22(32)35;1-28-16-6-10(30-19(23,24)25)4-5-14(16)29-15-8-11(9-2-3-9)13(18(20,21)22)7-12(15)17(26)27;1-17(2,3)21-16(23-13-7-5-4-6-8-13)20-12-9-10-19-14(11-12)15(18)22;/h4-12H,2-3H2,1H3,(H2,32,35)(H,33,34,36);4-9H,2-3H2,1H3,(H,26,27);4-11H,1-3H3,(H2,18,22)(H,19,20,21);1H. The topological polar surface area (TPSA) is 258 Å². The molecule has 0 bridgehead atoms. The minimum absolute atomic E-state index is 0. The second-order valence-electron chi connectivity index (χ2n) is 20.8. The Kier molecular flexibility index (Phi) is 21.5. The number of aliphatic imine (C=N–C) groups is 1. The summed E-state index contributed by atoms with van der Waals surface area (Å²) in [5.74, 6) is -7.74. The van der Waals surface area contributed by atoms with Crippen molar-refractivity contribution in [2.75, 3.05) is 24.9 Å². The molecule has 0 radical (unpaired) electrons. The quantitative estimate of drug-likeness (QED) is 0.0246. The molecule has 2 saturated carbocycles. The van der Waals surface area contributed by atoms with E-state index in [1.165, 1.54) is 24.0 Å². The van der Waals surface area contributed by atoms with Gasteiger partial charge in [-0.3, -0.25) is 29.3 Å². The van der Waals surface area contributed by atoms with Crippen molar-refractivity contribution in [3.8, 4) is 46.0 Å². The van der Waals surface area contributed by atoms with Crippen molar-refractivity contribution < 1.29 is 107 Å². The van der Waals surface area contributed by atoms with Gasteiger partial charge in [0.15, 0.2) is 28.2 Å². The van der Waals surface area contributed by atoms with Gasteiger partial charge in [-0.1, -0.05) is 30.0 Å². The molecule has 5 aromatic carbocycles. The van der Waals surface area contributed by atoms with Gasteiger partial charge in [0, 0.05) is 42.2 Å². The molecule has 2 aliphatic rings. The minimum atomic E-state index is -4.98. The third-order valence-electron chi connectivity index (χ3n) is 12.5. The van der Waals surface area contributed by atoms with Crippen LogP contribution in [0, 0.1) is 0 Å². The van der Waals surface area contributed by atoms with Crippen molar-refractivity contribution in [1.29, 1.82) is 0 Å². The molecule has 3 amide bonds. The van der Waals surface area contributed by atoms with E-state index in [2.05, 4.69) is 30.1 Å². The number of nitrogens with zero attached hydrogens (tertiary/aromatic N) is 3. The van der Waals surface area contributed by atoms with Gasteiger partial charge in [0.25, 0.3) is 17.7 Å². The smallest absolute Gasteiger partial charge is 0.493 e. The monoisotopic (exact) mass is 1320 g/mol. The van der Waals surface area contributed by atoms with Gasteiger partial charge in [0.1, 0.15) is 39.9 Å². The van der Waals surface area contributed by atoms with Gasteiger partial charge in [-0.15, -0.1) is 26.3 Å². The van der Waals surface area contributed by atoms with Crippen LogP contribution in [0.3, 0.4) is 0 Å². The molecule has 2 fully saturated rings. The van der Waals surface area contributed by atoms with Gasteiger partial charge in [-0.05, 0) is 154 Å². The third-order valence-corrected chi connectivity index (χ3v) is 13.4. The second kappa shape index (κ2) is 28.5. The van der Waals surface area contributed by atoms with Crippen LogP contribution in [0.5, 0.6) is 46.0 Å². The van der Waals surface area contributed by atoms with E-state index in [1.54, 1.807) is 18.3 Å². The number of amidine groups is 1. The molecule has 0 unspecified atom stereocenters. The summed E-state index contributed by atoms with van der Waals surface area (Å²) < 4.78 is 186. The van der Waals surface area contributed by atoms with Crippen molar-refractivity contribution in [1.82, 2.24) is 9.97 Å². The van der Waals surface area contributed by atoms with E-state index in [1.807, 2.05) is 51.1 Å². The Labute approximate surface area is 520 Å². The first-order chi connectivity index (χ1) is 43.0. The number of pyridine rings is 2. The van der Waals surface area contributed by atoms with Gasteiger partial charge in [-0.2, -0.15) is 26.3 Å². The Balaban J connectivity index is 0.000000228. The number of carbonyl (C=O) groups excluding carboxylic acids is 3. The number of rotatable bonds is 17. The van der Waals surface area contributed by atoms with Crippen molar-refractivity contribution in [3.63, 3.8) is 0 Å². The van der Waals surface area contributed by atoms with Crippen LogP contribution in [0.25, 0.3) is 0 Å². The fourth-order valence-electron chi connectivity index (χ4n) is 8.34. The molecule has 2 aromatic heterocycles. The molecule has 7 N–H and O–H groups in total. The van der Waals surface area contributed by atoms with Crippen molar-refractivity contribution in [3.05, 3.63) is 172 Å². The fourth-order valence-corrected chi connectivity index (χ4v) is 9.35. The number of aromatic nitrogens is 2. The second-order valence-corrected chi connectivity index (χ2v) is 21.9. The van der Waals surface area contributed by atoms with Gasteiger partial charge in [-0.25, -0.2) is 4.79 Å². The van der Waals surface area contributed by atoms with Crippen LogP contribution in [0.4, 0.5) is 64.1 Å². The zero-order valence-corrected chi connectivity index (χ0v) is 49.4. The predicted octanol–water partition coefficient (Wildman–Crippen LogP) is 15.8. The van der Waals surface area contributed by atoms with E-state index in [-0.39, 0.29) is 75.6 Å². The molecule has 0 spiro atoms. The fraction of sp³-hybridized carbons (Fsp3) is 0.262. The largest absolute Gasteiger partial charge is 0.573 e. The Morgan fingerprint density at radius 3 is 1.36 bits per heavy atom. The van der Waals surface area contributed by atoms with Crippen LogP contribution in [0.15, 0.2) is 138 Å². The summed E-state index contributed by atoms with van der Waals surface area (Å²) in [6, 6.07) is 24.6. The summed E-state index contributed by atoms with van der Waals surface area (Å²) >= 11 is 1.53. The number of ether oxygens (including phenoxy) is 6. The normalized spacial score (nSPS) is 13.4. The Morgan fingerprint density at radius 2 is 0.978 bits per heavy atom. The summed E-state index contributed by atoms with van der Waals surface area (Å²) in [7, 11) is 2.26. The highest BCUT2D eigenvalue weighted by molar-refractivity contribution is 8.14. The number of hydrogen-bond donors (Lipinski definition) is 5. The number of carboxylic acids is 1. The van der Waals surface area contributed by atoms with Crippen LogP contribution in [0.1, 0.15) is 124 Å². The summed E-state index contributed by atoms with van der Waals surface area (Å²) in [5, 5.41) is 15.7. The zero-order valence-electron chi connectivity index (χ0n) is 48.6. The molecule has 9 rings (SSSR count). The molecule has 0 atom stereocenters. The molecule has 0 aliphatic heterocycles. The number of anilines is 2. The lowest BCUT2D eigenvalue weighted by atomic mass is 9.98. The van der Waals surface area contributed by atoms with Crippen LogP contribution in [-0.4, -0.2) is 76.4 Å². The van der Waals surface area contributed by atoms with Crippen molar-refractivity contribution in [2.24, 2.45) is 16.5 Å². The number of amides is 3. The highest BCUT2D eigenvalue weighted by Gasteiger charge is 2.42. The van der Waals surface area contributed by atoms with Gasteiger partial charge >= 0.3 is 31.0 Å². The number of primary amides is 2. The molecule has 92 heavy (non-hydrogen) atoms. The number of methoxy groups -OCH3 is 2. The Hall–Kier alpha value is -9.94. The van der Waals surface area contributed by atoms with E-state index in [4.69, 9.17) is 35.4 Å². The maximum Gasteiger partial charge on any atom is 0.573 e. The summed E-state index contributed by atoms with van der Waals surface area (Å²) in [4.78, 5) is 60.8. The molecule has 490 valence electrons. The van der Waals surface area contributed by atoms with E-state index in [0.717, 1.165) is 84.6 Å². The van der Waals surface area contributed by atoms with E-state index in [0.29, 0.717) is 37.8 Å². The van der Waals surface area contributed by atoms with Crippen LogP contribution in [-0.2, 0) is 12.4 Å².